The van der Waals surface area contributed by atoms with E-state index in [0.717, 1.165) is 13.2 Å². The van der Waals surface area contributed by atoms with Crippen LogP contribution in [0.2, 0.25) is 0 Å². The molecule has 80 valence electrons. The van der Waals surface area contributed by atoms with Gasteiger partial charge in [-0.1, -0.05) is 19.9 Å². The Labute approximate surface area is 90.3 Å². The van der Waals surface area contributed by atoms with E-state index in [1.807, 2.05) is 0 Å². The van der Waals surface area contributed by atoms with Gasteiger partial charge in [-0.05, 0) is 17.4 Å². The number of nitrogens with one attached hydrogen (secondary N) is 1. The van der Waals surface area contributed by atoms with Crippen molar-refractivity contribution in [2.45, 2.75) is 26.4 Å². The lowest BCUT2D eigenvalue weighted by atomic mass is 10.1. The molecule has 1 N–H and O–H groups in total. The van der Waals surface area contributed by atoms with Gasteiger partial charge in [0.15, 0.2) is 0 Å². The summed E-state index contributed by atoms with van der Waals surface area (Å²) in [7, 11) is 1.75. The van der Waals surface area contributed by atoms with Crippen LogP contribution in [0.4, 0.5) is 0 Å². The zero-order chi connectivity index (χ0) is 10.4. The van der Waals surface area contributed by atoms with Crippen molar-refractivity contribution < 1.29 is 4.74 Å². The number of thiophene rings is 1. The van der Waals surface area contributed by atoms with Crippen molar-refractivity contribution >= 4 is 11.3 Å². The highest BCUT2D eigenvalue weighted by Crippen LogP contribution is 2.09. The van der Waals surface area contributed by atoms with Crippen molar-refractivity contribution in [1.82, 2.24) is 5.32 Å². The summed E-state index contributed by atoms with van der Waals surface area (Å²) in [6, 6.07) is 4.69. The molecule has 0 aromatic carbocycles. The molecule has 2 nitrogen and oxygen atoms in total. The fourth-order valence-electron chi connectivity index (χ4n) is 1.31. The summed E-state index contributed by atoms with van der Waals surface area (Å²) in [6.45, 7) is 6.16. The zero-order valence-corrected chi connectivity index (χ0v) is 9.93. The van der Waals surface area contributed by atoms with Gasteiger partial charge in [0.25, 0.3) is 0 Å². The average molecular weight is 213 g/mol. The first-order valence-electron chi connectivity index (χ1n) is 4.98. The van der Waals surface area contributed by atoms with Gasteiger partial charge in [-0.15, -0.1) is 11.3 Å². The molecule has 1 unspecified atom stereocenters. The molecular weight excluding hydrogens is 194 g/mol. The Morgan fingerprint density at radius 3 is 2.79 bits per heavy atom. The summed E-state index contributed by atoms with van der Waals surface area (Å²) in [5, 5.41) is 5.62. The second kappa shape index (κ2) is 6.17. The third kappa shape index (κ3) is 3.78. The first kappa shape index (κ1) is 11.7. The summed E-state index contributed by atoms with van der Waals surface area (Å²) < 4.78 is 5.18. The van der Waals surface area contributed by atoms with Gasteiger partial charge in [0.2, 0.25) is 0 Å². The Morgan fingerprint density at radius 1 is 1.50 bits per heavy atom. The molecule has 0 amide bonds. The maximum absolute atomic E-state index is 5.18. The topological polar surface area (TPSA) is 21.3 Å². The number of rotatable bonds is 6. The minimum Gasteiger partial charge on any atom is -0.383 e. The van der Waals surface area contributed by atoms with Gasteiger partial charge in [-0.25, -0.2) is 0 Å². The predicted octanol–water partition coefficient (Wildman–Crippen LogP) is 2.51. The molecule has 1 aromatic rings. The zero-order valence-electron chi connectivity index (χ0n) is 9.12. The molecule has 1 aromatic heterocycles. The number of hydrogen-bond acceptors (Lipinski definition) is 3. The van der Waals surface area contributed by atoms with Crippen molar-refractivity contribution in [3.8, 4) is 0 Å². The van der Waals surface area contributed by atoms with Crippen molar-refractivity contribution in [2.75, 3.05) is 13.7 Å². The number of methoxy groups -OCH3 is 1. The van der Waals surface area contributed by atoms with E-state index in [9.17, 15) is 0 Å². The van der Waals surface area contributed by atoms with Crippen LogP contribution >= 0.6 is 11.3 Å². The molecule has 1 atom stereocenters. The van der Waals surface area contributed by atoms with Gasteiger partial charge in [-0.3, -0.25) is 0 Å². The quantitative estimate of drug-likeness (QED) is 0.784. The number of ether oxygens (including phenoxy) is 1. The lowest BCUT2D eigenvalue weighted by Crippen LogP contribution is -2.37. The fourth-order valence-corrected chi connectivity index (χ4v) is 1.97. The van der Waals surface area contributed by atoms with Gasteiger partial charge in [0.1, 0.15) is 0 Å². The van der Waals surface area contributed by atoms with Gasteiger partial charge >= 0.3 is 0 Å². The first-order chi connectivity index (χ1) is 6.74. The summed E-state index contributed by atoms with van der Waals surface area (Å²) >= 11 is 1.79. The minimum absolute atomic E-state index is 0.446. The van der Waals surface area contributed by atoms with Crippen LogP contribution in [0.1, 0.15) is 18.7 Å². The summed E-state index contributed by atoms with van der Waals surface area (Å²) in [6.07, 6.45) is 0. The lowest BCUT2D eigenvalue weighted by Gasteiger charge is -2.21. The van der Waals surface area contributed by atoms with Crippen LogP contribution in [0, 0.1) is 5.92 Å². The van der Waals surface area contributed by atoms with Crippen LogP contribution in [-0.2, 0) is 11.3 Å². The predicted molar refractivity (Wildman–Crippen MR) is 61.7 cm³/mol. The summed E-state index contributed by atoms with van der Waals surface area (Å²) in [5.74, 6) is 0.606. The van der Waals surface area contributed by atoms with E-state index in [1.165, 1.54) is 4.88 Å². The molecule has 14 heavy (non-hydrogen) atoms. The normalized spacial score (nSPS) is 13.4. The van der Waals surface area contributed by atoms with Gasteiger partial charge in [0, 0.05) is 24.6 Å². The van der Waals surface area contributed by atoms with Crippen LogP contribution in [0.15, 0.2) is 17.5 Å². The van der Waals surface area contributed by atoms with Crippen LogP contribution < -0.4 is 5.32 Å². The SMILES string of the molecule is COCC(NCc1cccs1)C(C)C. The Balaban J connectivity index is 2.33. The smallest absolute Gasteiger partial charge is 0.0618 e. The van der Waals surface area contributed by atoms with Crippen LogP contribution in [0.3, 0.4) is 0 Å². The second-order valence-corrected chi connectivity index (χ2v) is 4.80. The highest BCUT2D eigenvalue weighted by atomic mass is 32.1. The Morgan fingerprint density at radius 2 is 2.29 bits per heavy atom. The summed E-state index contributed by atoms with van der Waals surface area (Å²) in [4.78, 5) is 1.38. The molecule has 1 heterocycles. The molecule has 0 spiro atoms. The largest absolute Gasteiger partial charge is 0.383 e. The van der Waals surface area contributed by atoms with E-state index >= 15 is 0 Å². The molecule has 0 saturated carbocycles. The Bertz CT molecular complexity index is 233. The molecule has 0 bridgehead atoms. The molecule has 3 heteroatoms. The highest BCUT2D eigenvalue weighted by Gasteiger charge is 2.11. The molecular formula is C11H19NOS. The van der Waals surface area contributed by atoms with Crippen LogP contribution in [0.25, 0.3) is 0 Å². The second-order valence-electron chi connectivity index (χ2n) is 3.77. The standard InChI is InChI=1S/C11H19NOS/c1-9(2)11(8-13-3)12-7-10-5-4-6-14-10/h4-6,9,11-12H,7-8H2,1-3H3. The van der Waals surface area contributed by atoms with Gasteiger partial charge < -0.3 is 10.1 Å². The molecule has 0 aliphatic rings. The van der Waals surface area contributed by atoms with E-state index in [1.54, 1.807) is 18.4 Å². The molecule has 1 rings (SSSR count). The number of hydrogen-bond donors (Lipinski definition) is 1. The lowest BCUT2D eigenvalue weighted by molar-refractivity contribution is 0.146. The van der Waals surface area contributed by atoms with Gasteiger partial charge in [-0.2, -0.15) is 0 Å². The maximum Gasteiger partial charge on any atom is 0.0618 e. The van der Waals surface area contributed by atoms with E-state index in [2.05, 4.69) is 36.7 Å². The third-order valence-electron chi connectivity index (χ3n) is 2.27. The monoisotopic (exact) mass is 213 g/mol. The molecule has 0 radical (unpaired) electrons. The maximum atomic E-state index is 5.18. The third-order valence-corrected chi connectivity index (χ3v) is 3.15. The first-order valence-corrected chi connectivity index (χ1v) is 5.86. The van der Waals surface area contributed by atoms with E-state index in [4.69, 9.17) is 4.74 Å². The highest BCUT2D eigenvalue weighted by molar-refractivity contribution is 7.09. The van der Waals surface area contributed by atoms with Crippen molar-refractivity contribution in [3.05, 3.63) is 22.4 Å². The van der Waals surface area contributed by atoms with Crippen molar-refractivity contribution in [1.29, 1.82) is 0 Å². The van der Waals surface area contributed by atoms with Crippen LogP contribution in [0.5, 0.6) is 0 Å². The van der Waals surface area contributed by atoms with E-state index < -0.39 is 0 Å². The molecule has 0 aliphatic carbocycles. The molecule has 0 saturated heterocycles. The van der Waals surface area contributed by atoms with Crippen LogP contribution in [-0.4, -0.2) is 19.8 Å². The summed E-state index contributed by atoms with van der Waals surface area (Å²) in [5.41, 5.74) is 0. The minimum atomic E-state index is 0.446. The Kier molecular flexibility index (Phi) is 5.15. The van der Waals surface area contributed by atoms with E-state index in [-0.39, 0.29) is 0 Å². The van der Waals surface area contributed by atoms with E-state index in [0.29, 0.717) is 12.0 Å². The van der Waals surface area contributed by atoms with Crippen molar-refractivity contribution in [3.63, 3.8) is 0 Å². The fraction of sp³-hybridized carbons (Fsp3) is 0.636. The molecule has 0 aliphatic heterocycles. The average Bonchev–Trinajstić information content (AvgIpc) is 2.64. The van der Waals surface area contributed by atoms with Crippen molar-refractivity contribution in [2.24, 2.45) is 5.92 Å². The van der Waals surface area contributed by atoms with Gasteiger partial charge in [0.05, 0.1) is 6.61 Å². The Hall–Kier alpha value is -0.380. The molecule has 0 fully saturated rings.